The Morgan fingerprint density at radius 1 is 1.00 bits per heavy atom. The largest absolute Gasteiger partial charge is 0.483 e. The molecule has 3 aromatic rings. The molecule has 1 heterocycles. The average Bonchev–Trinajstić information content (AvgIpc) is 3.55. The Hall–Kier alpha value is -3.82. The van der Waals surface area contributed by atoms with E-state index in [0.717, 1.165) is 35.1 Å². The highest BCUT2D eigenvalue weighted by Crippen LogP contribution is 2.41. The molecule has 5 rings (SSSR count). The second-order valence-electron chi connectivity index (χ2n) is 12.2. The number of nitrogens with zero attached hydrogens (tertiary/aromatic N) is 1. The Kier molecular flexibility index (Phi) is 9.65. The van der Waals surface area contributed by atoms with Crippen molar-refractivity contribution in [2.24, 2.45) is 0 Å². The van der Waals surface area contributed by atoms with Crippen molar-refractivity contribution >= 4 is 29.5 Å². The second kappa shape index (κ2) is 13.4. The zero-order valence-electron chi connectivity index (χ0n) is 25.7. The van der Waals surface area contributed by atoms with Gasteiger partial charge in [0.2, 0.25) is 5.91 Å². The highest BCUT2D eigenvalue weighted by molar-refractivity contribution is 8.00. The first-order chi connectivity index (χ1) is 21.0. The van der Waals surface area contributed by atoms with E-state index in [0.29, 0.717) is 5.75 Å². The summed E-state index contributed by atoms with van der Waals surface area (Å²) in [6.45, 7) is 7.44. The molecule has 0 bridgehead atoms. The Balaban J connectivity index is 1.31. The molecule has 3 amide bonds. The van der Waals surface area contributed by atoms with E-state index in [1.54, 1.807) is 0 Å². The van der Waals surface area contributed by atoms with Gasteiger partial charge in [0.15, 0.2) is 12.7 Å². The summed E-state index contributed by atoms with van der Waals surface area (Å²) in [6.07, 6.45) is 0.343. The van der Waals surface area contributed by atoms with Crippen LogP contribution in [0, 0.1) is 13.8 Å². The van der Waals surface area contributed by atoms with Crippen LogP contribution in [-0.4, -0.2) is 63.1 Å². The number of carbonyl (C=O) groups is 3. The number of hydrogen-bond donors (Lipinski definition) is 3. The number of amides is 3. The van der Waals surface area contributed by atoms with Crippen LogP contribution in [0.2, 0.25) is 0 Å². The smallest absolute Gasteiger partial charge is 0.258 e. The molecule has 44 heavy (non-hydrogen) atoms. The summed E-state index contributed by atoms with van der Waals surface area (Å²) in [4.78, 5) is 42.3. The highest BCUT2D eigenvalue weighted by Gasteiger charge is 2.50. The molecule has 0 radical (unpaired) electrons. The molecule has 0 saturated carbocycles. The monoisotopic (exact) mass is 615 g/mol. The van der Waals surface area contributed by atoms with Crippen molar-refractivity contribution in [3.05, 3.63) is 101 Å². The van der Waals surface area contributed by atoms with Crippen LogP contribution in [0.1, 0.15) is 54.1 Å². The number of thioether (sulfide) groups is 1. The Labute approximate surface area is 263 Å². The van der Waals surface area contributed by atoms with Gasteiger partial charge in [-0.3, -0.25) is 14.4 Å². The van der Waals surface area contributed by atoms with E-state index in [1.807, 2.05) is 94.4 Å². The van der Waals surface area contributed by atoms with Crippen LogP contribution < -0.4 is 15.4 Å². The number of nitrogens with one attached hydrogen (secondary N) is 2. The van der Waals surface area contributed by atoms with Gasteiger partial charge in [0, 0.05) is 4.75 Å². The van der Waals surface area contributed by atoms with Crippen molar-refractivity contribution in [3.63, 3.8) is 0 Å². The number of benzene rings is 3. The SMILES string of the molecule is Cc1cccc(C)c1OCC(=O)N[C@@H](Cc1ccccc1)[C@H](O)C(=O)N1CSC(C)(C)[C@H]1C(=O)N[C@H]1CCc2ccccc21. The van der Waals surface area contributed by atoms with Crippen LogP contribution in [0.15, 0.2) is 72.8 Å². The number of aliphatic hydroxyl groups excluding tert-OH is 1. The number of rotatable bonds is 10. The minimum absolute atomic E-state index is 0.121. The van der Waals surface area contributed by atoms with Gasteiger partial charge in [0.05, 0.1) is 18.0 Å². The summed E-state index contributed by atoms with van der Waals surface area (Å²) < 4.78 is 5.26. The first kappa shape index (κ1) is 31.6. The first-order valence-corrected chi connectivity index (χ1v) is 16.1. The van der Waals surface area contributed by atoms with Crippen LogP contribution >= 0.6 is 11.8 Å². The van der Waals surface area contributed by atoms with Crippen molar-refractivity contribution in [2.45, 2.75) is 75.9 Å². The Morgan fingerprint density at radius 2 is 1.68 bits per heavy atom. The van der Waals surface area contributed by atoms with Gasteiger partial charge in [0.25, 0.3) is 11.8 Å². The number of hydrogen-bond acceptors (Lipinski definition) is 6. The predicted molar refractivity (Wildman–Crippen MR) is 172 cm³/mol. The molecule has 0 spiro atoms. The molecule has 9 heteroatoms. The molecule has 1 saturated heterocycles. The third kappa shape index (κ3) is 6.94. The van der Waals surface area contributed by atoms with E-state index < -0.39 is 34.7 Å². The van der Waals surface area contributed by atoms with Gasteiger partial charge in [-0.1, -0.05) is 72.8 Å². The number of carbonyl (C=O) groups excluding carboxylic acids is 3. The van der Waals surface area contributed by atoms with E-state index in [2.05, 4.69) is 16.7 Å². The average molecular weight is 616 g/mol. The lowest BCUT2D eigenvalue weighted by Crippen LogP contribution is -2.59. The molecule has 1 aliphatic carbocycles. The van der Waals surface area contributed by atoms with Crippen molar-refractivity contribution in [1.29, 1.82) is 0 Å². The molecule has 8 nitrogen and oxygen atoms in total. The lowest BCUT2D eigenvalue weighted by atomic mass is 9.96. The summed E-state index contributed by atoms with van der Waals surface area (Å²) in [5.74, 6) is -0.399. The molecule has 0 unspecified atom stereocenters. The molecule has 1 fully saturated rings. The zero-order valence-corrected chi connectivity index (χ0v) is 26.5. The number of ether oxygens (including phenoxy) is 1. The van der Waals surface area contributed by atoms with Crippen LogP contribution in [0.5, 0.6) is 5.75 Å². The van der Waals surface area contributed by atoms with Gasteiger partial charge in [-0.2, -0.15) is 0 Å². The van der Waals surface area contributed by atoms with Crippen molar-refractivity contribution in [1.82, 2.24) is 15.5 Å². The Bertz CT molecular complexity index is 1490. The highest BCUT2D eigenvalue weighted by atomic mass is 32.2. The van der Waals surface area contributed by atoms with Crippen LogP contribution in [0.3, 0.4) is 0 Å². The summed E-state index contributed by atoms with van der Waals surface area (Å²) in [5.41, 5.74) is 5.01. The van der Waals surface area contributed by atoms with Gasteiger partial charge in [-0.15, -0.1) is 11.8 Å². The quantitative estimate of drug-likeness (QED) is 0.315. The predicted octanol–water partition coefficient (Wildman–Crippen LogP) is 4.25. The molecular formula is C35H41N3O5S. The van der Waals surface area contributed by atoms with E-state index in [-0.39, 0.29) is 30.9 Å². The number of para-hydroxylation sites is 1. The molecule has 3 aromatic carbocycles. The number of aliphatic hydroxyl groups is 1. The van der Waals surface area contributed by atoms with E-state index in [9.17, 15) is 19.5 Å². The third-order valence-electron chi connectivity index (χ3n) is 8.56. The van der Waals surface area contributed by atoms with Gasteiger partial charge in [-0.05, 0) is 74.8 Å². The van der Waals surface area contributed by atoms with Crippen molar-refractivity contribution in [2.75, 3.05) is 12.5 Å². The Morgan fingerprint density at radius 3 is 2.41 bits per heavy atom. The molecule has 0 aromatic heterocycles. The minimum Gasteiger partial charge on any atom is -0.483 e. The summed E-state index contributed by atoms with van der Waals surface area (Å²) in [7, 11) is 0. The van der Waals surface area contributed by atoms with Crippen LogP contribution in [0.25, 0.3) is 0 Å². The maximum absolute atomic E-state index is 14.0. The maximum Gasteiger partial charge on any atom is 0.258 e. The topological polar surface area (TPSA) is 108 Å². The molecule has 4 atom stereocenters. The van der Waals surface area contributed by atoms with E-state index in [4.69, 9.17) is 4.74 Å². The second-order valence-corrected chi connectivity index (χ2v) is 13.8. The summed E-state index contributed by atoms with van der Waals surface area (Å²) in [6, 6.07) is 21.4. The number of fused-ring (bicyclic) bond motifs is 1. The van der Waals surface area contributed by atoms with Gasteiger partial charge in [0.1, 0.15) is 11.8 Å². The van der Waals surface area contributed by atoms with Gasteiger partial charge < -0.3 is 25.4 Å². The zero-order chi connectivity index (χ0) is 31.4. The first-order valence-electron chi connectivity index (χ1n) is 15.1. The van der Waals surface area contributed by atoms with E-state index >= 15 is 0 Å². The fourth-order valence-electron chi connectivity index (χ4n) is 6.24. The van der Waals surface area contributed by atoms with Crippen molar-refractivity contribution in [3.8, 4) is 5.75 Å². The maximum atomic E-state index is 14.0. The van der Waals surface area contributed by atoms with Crippen LogP contribution in [0.4, 0.5) is 0 Å². The van der Waals surface area contributed by atoms with E-state index in [1.165, 1.54) is 22.2 Å². The molecule has 3 N–H and O–H groups in total. The fourth-order valence-corrected chi connectivity index (χ4v) is 7.38. The standard InChI is InChI=1S/C35H41N3O5S/c1-22-11-10-12-23(2)31(22)43-20-29(39)36-28(19-24-13-6-5-7-14-24)30(40)34(42)38-21-44-35(3,4)32(38)33(41)37-27-18-17-25-15-8-9-16-26(25)27/h5-16,27-28,30,32,40H,17-21H2,1-4H3,(H,36,39)(H,37,41)/t27-,28-,30-,32+/m0/s1. The summed E-state index contributed by atoms with van der Waals surface area (Å²) >= 11 is 1.50. The normalized spacial score (nSPS) is 20.0. The van der Waals surface area contributed by atoms with Crippen molar-refractivity contribution < 1.29 is 24.2 Å². The van der Waals surface area contributed by atoms with Crippen LogP contribution in [-0.2, 0) is 27.2 Å². The molecule has 1 aliphatic heterocycles. The molecule has 232 valence electrons. The lowest BCUT2D eigenvalue weighted by molar-refractivity contribution is -0.148. The molecule has 2 aliphatic rings. The van der Waals surface area contributed by atoms with Gasteiger partial charge in [-0.25, -0.2) is 0 Å². The molecular weight excluding hydrogens is 574 g/mol. The lowest BCUT2D eigenvalue weighted by Gasteiger charge is -2.34. The third-order valence-corrected chi connectivity index (χ3v) is 9.94. The summed E-state index contributed by atoms with van der Waals surface area (Å²) in [5, 5.41) is 17.5. The number of aryl methyl sites for hydroxylation is 3. The fraction of sp³-hybridized carbons (Fsp3) is 0.400. The van der Waals surface area contributed by atoms with Gasteiger partial charge >= 0.3 is 0 Å². The minimum atomic E-state index is -1.57.